The van der Waals surface area contributed by atoms with E-state index in [4.69, 9.17) is 9.84 Å². The predicted octanol–water partition coefficient (Wildman–Crippen LogP) is 1.21. The maximum absolute atomic E-state index is 11.0. The molecule has 0 aromatic carbocycles. The van der Waals surface area contributed by atoms with Gasteiger partial charge in [-0.25, -0.2) is 0 Å². The summed E-state index contributed by atoms with van der Waals surface area (Å²) in [6.45, 7) is 8.49. The van der Waals surface area contributed by atoms with Crippen molar-refractivity contribution < 1.29 is 14.6 Å². The second-order valence-corrected chi connectivity index (χ2v) is 3.98. The molecule has 0 aliphatic carbocycles. The Morgan fingerprint density at radius 3 is 2.43 bits per heavy atom. The van der Waals surface area contributed by atoms with Crippen molar-refractivity contribution >= 4 is 5.97 Å². The van der Waals surface area contributed by atoms with Gasteiger partial charge < -0.3 is 9.84 Å². The molecule has 0 aliphatic heterocycles. The highest BCUT2D eigenvalue weighted by atomic mass is 16.5. The van der Waals surface area contributed by atoms with Gasteiger partial charge in [-0.3, -0.25) is 9.69 Å². The largest absolute Gasteiger partial charge is 0.480 e. The Bertz CT molecular complexity index is 192. The summed E-state index contributed by atoms with van der Waals surface area (Å²) in [7, 11) is 1.80. The molecule has 4 nitrogen and oxygen atoms in total. The first-order valence-electron chi connectivity index (χ1n) is 4.88. The van der Waals surface area contributed by atoms with Crippen LogP contribution in [0.5, 0.6) is 0 Å². The van der Waals surface area contributed by atoms with Crippen molar-refractivity contribution in [3.05, 3.63) is 0 Å². The van der Waals surface area contributed by atoms with Gasteiger partial charge in [-0.05, 0) is 34.7 Å². The zero-order chi connectivity index (χ0) is 11.4. The highest BCUT2D eigenvalue weighted by Crippen LogP contribution is 2.15. The average Bonchev–Trinajstić information content (AvgIpc) is 2.12. The van der Waals surface area contributed by atoms with Gasteiger partial charge in [-0.1, -0.05) is 0 Å². The third-order valence-electron chi connectivity index (χ3n) is 2.63. The Morgan fingerprint density at radius 2 is 2.07 bits per heavy atom. The van der Waals surface area contributed by atoms with Crippen LogP contribution in [0.2, 0.25) is 0 Å². The number of likely N-dealkylation sites (N-methyl/N-ethyl adjacent to an activating group) is 1. The number of hydrogen-bond acceptors (Lipinski definition) is 3. The van der Waals surface area contributed by atoms with E-state index in [1.807, 2.05) is 18.7 Å². The van der Waals surface area contributed by atoms with Gasteiger partial charge in [0.1, 0.15) is 5.54 Å². The highest BCUT2D eigenvalue weighted by Gasteiger charge is 2.34. The third kappa shape index (κ3) is 3.27. The molecule has 1 N–H and O–H groups in total. The molecule has 0 saturated heterocycles. The minimum atomic E-state index is -0.851. The Kier molecular flexibility index (Phi) is 5.08. The van der Waals surface area contributed by atoms with E-state index in [0.717, 1.165) is 0 Å². The fourth-order valence-electron chi connectivity index (χ4n) is 1.10. The average molecular weight is 203 g/mol. The molecule has 0 radical (unpaired) electrons. The first kappa shape index (κ1) is 13.4. The second-order valence-electron chi connectivity index (χ2n) is 3.98. The summed E-state index contributed by atoms with van der Waals surface area (Å²) in [5.41, 5.74) is -0.851. The number of rotatable bonds is 6. The zero-order valence-corrected chi connectivity index (χ0v) is 9.70. The Hall–Kier alpha value is -0.610. The van der Waals surface area contributed by atoms with Gasteiger partial charge in [0.05, 0.1) is 6.61 Å². The first-order valence-corrected chi connectivity index (χ1v) is 4.88. The van der Waals surface area contributed by atoms with E-state index in [0.29, 0.717) is 13.2 Å². The van der Waals surface area contributed by atoms with E-state index in [1.54, 1.807) is 20.9 Å². The summed E-state index contributed by atoms with van der Waals surface area (Å²) in [5, 5.41) is 9.00. The lowest BCUT2D eigenvalue weighted by Gasteiger charge is -2.36. The quantitative estimate of drug-likeness (QED) is 0.705. The number of hydrogen-bond donors (Lipinski definition) is 1. The van der Waals surface area contributed by atoms with Crippen molar-refractivity contribution in [2.75, 3.05) is 20.3 Å². The van der Waals surface area contributed by atoms with Crippen LogP contribution >= 0.6 is 0 Å². The molecule has 0 saturated carbocycles. The molecular formula is C10H21NO3. The predicted molar refractivity (Wildman–Crippen MR) is 55.4 cm³/mol. The summed E-state index contributed by atoms with van der Waals surface area (Å²) < 4.78 is 5.26. The molecule has 0 heterocycles. The van der Waals surface area contributed by atoms with E-state index in [1.165, 1.54) is 0 Å². The van der Waals surface area contributed by atoms with Crippen molar-refractivity contribution in [3.8, 4) is 0 Å². The van der Waals surface area contributed by atoms with Crippen LogP contribution in [-0.2, 0) is 9.53 Å². The molecule has 1 unspecified atom stereocenters. The Morgan fingerprint density at radius 1 is 1.57 bits per heavy atom. The van der Waals surface area contributed by atoms with E-state index in [9.17, 15) is 4.79 Å². The molecule has 0 rings (SSSR count). The zero-order valence-electron chi connectivity index (χ0n) is 9.70. The summed E-state index contributed by atoms with van der Waals surface area (Å²) in [5.74, 6) is -0.816. The standard InChI is InChI=1S/C10H21NO3/c1-6-14-7-8(2)11(5)10(3,4)9(12)13/h8H,6-7H2,1-5H3,(H,12,13). The van der Waals surface area contributed by atoms with Crippen LogP contribution in [0, 0.1) is 0 Å². The molecule has 0 amide bonds. The minimum absolute atomic E-state index is 0.0982. The monoisotopic (exact) mass is 203 g/mol. The second kappa shape index (κ2) is 5.32. The van der Waals surface area contributed by atoms with Gasteiger partial charge in [0.15, 0.2) is 0 Å². The summed E-state index contributed by atoms with van der Waals surface area (Å²) in [4.78, 5) is 12.8. The minimum Gasteiger partial charge on any atom is -0.480 e. The van der Waals surface area contributed by atoms with Crippen molar-refractivity contribution in [2.24, 2.45) is 0 Å². The van der Waals surface area contributed by atoms with Crippen LogP contribution < -0.4 is 0 Å². The summed E-state index contributed by atoms with van der Waals surface area (Å²) in [6, 6.07) is 0.0982. The van der Waals surface area contributed by atoms with Crippen LogP contribution in [0.1, 0.15) is 27.7 Å². The van der Waals surface area contributed by atoms with E-state index in [2.05, 4.69) is 0 Å². The Labute approximate surface area is 85.9 Å². The van der Waals surface area contributed by atoms with Gasteiger partial charge in [-0.15, -0.1) is 0 Å². The normalized spacial score (nSPS) is 14.4. The molecule has 84 valence electrons. The topological polar surface area (TPSA) is 49.8 Å². The smallest absolute Gasteiger partial charge is 0.323 e. The van der Waals surface area contributed by atoms with Crippen molar-refractivity contribution in [1.82, 2.24) is 4.90 Å². The number of carboxylic acid groups (broad SMARTS) is 1. The van der Waals surface area contributed by atoms with Crippen molar-refractivity contribution in [1.29, 1.82) is 0 Å². The molecule has 0 fully saturated rings. The molecule has 0 spiro atoms. The van der Waals surface area contributed by atoms with E-state index < -0.39 is 11.5 Å². The molecule has 0 aromatic heterocycles. The van der Waals surface area contributed by atoms with Crippen molar-refractivity contribution in [3.63, 3.8) is 0 Å². The van der Waals surface area contributed by atoms with Crippen LogP contribution in [0.4, 0.5) is 0 Å². The molecule has 14 heavy (non-hydrogen) atoms. The molecule has 0 bridgehead atoms. The fourth-order valence-corrected chi connectivity index (χ4v) is 1.10. The van der Waals surface area contributed by atoms with Gasteiger partial charge in [0.25, 0.3) is 0 Å². The van der Waals surface area contributed by atoms with Gasteiger partial charge >= 0.3 is 5.97 Å². The van der Waals surface area contributed by atoms with Gasteiger partial charge in [-0.2, -0.15) is 0 Å². The lowest BCUT2D eigenvalue weighted by molar-refractivity contribution is -0.150. The fraction of sp³-hybridized carbons (Fsp3) is 0.900. The van der Waals surface area contributed by atoms with E-state index in [-0.39, 0.29) is 6.04 Å². The number of nitrogens with zero attached hydrogens (tertiary/aromatic N) is 1. The van der Waals surface area contributed by atoms with Crippen LogP contribution in [0.25, 0.3) is 0 Å². The molecule has 4 heteroatoms. The summed E-state index contributed by atoms with van der Waals surface area (Å²) >= 11 is 0. The van der Waals surface area contributed by atoms with Crippen LogP contribution in [-0.4, -0.2) is 47.8 Å². The maximum Gasteiger partial charge on any atom is 0.323 e. The number of carboxylic acids is 1. The van der Waals surface area contributed by atoms with Crippen LogP contribution in [0.3, 0.4) is 0 Å². The number of carbonyl (C=O) groups is 1. The third-order valence-corrected chi connectivity index (χ3v) is 2.63. The van der Waals surface area contributed by atoms with Gasteiger partial charge in [0.2, 0.25) is 0 Å². The van der Waals surface area contributed by atoms with Gasteiger partial charge in [0, 0.05) is 12.6 Å². The van der Waals surface area contributed by atoms with E-state index >= 15 is 0 Å². The highest BCUT2D eigenvalue weighted by molar-refractivity contribution is 5.77. The SMILES string of the molecule is CCOCC(C)N(C)C(C)(C)C(=O)O. The summed E-state index contributed by atoms with van der Waals surface area (Å²) in [6.07, 6.45) is 0. The lowest BCUT2D eigenvalue weighted by Crippen LogP contribution is -2.53. The van der Waals surface area contributed by atoms with Crippen molar-refractivity contribution in [2.45, 2.75) is 39.3 Å². The Balaban J connectivity index is 4.29. The lowest BCUT2D eigenvalue weighted by atomic mass is 10.0. The number of aliphatic carboxylic acids is 1. The molecular weight excluding hydrogens is 182 g/mol. The maximum atomic E-state index is 11.0. The first-order chi connectivity index (χ1) is 6.34. The van der Waals surface area contributed by atoms with Crippen LogP contribution in [0.15, 0.2) is 0 Å². The molecule has 0 aromatic rings. The molecule has 1 atom stereocenters. The number of ether oxygens (including phenoxy) is 1. The molecule has 0 aliphatic rings.